The number of nitrogens with one attached hydrogen (secondary N) is 2. The van der Waals surface area contributed by atoms with Crippen LogP contribution in [0, 0.1) is 0 Å². The van der Waals surface area contributed by atoms with E-state index in [4.69, 9.17) is 0 Å². The Kier molecular flexibility index (Phi) is 12.5. The van der Waals surface area contributed by atoms with E-state index in [0.29, 0.717) is 36.4 Å². The first-order valence-electron chi connectivity index (χ1n) is 13.0. The van der Waals surface area contributed by atoms with Crippen LogP contribution in [0.1, 0.15) is 96.2 Å². The number of imidazole rings is 1. The summed E-state index contributed by atoms with van der Waals surface area (Å²) in [6.45, 7) is 3.75. The van der Waals surface area contributed by atoms with Crippen LogP contribution in [0.15, 0.2) is 9.59 Å². The summed E-state index contributed by atoms with van der Waals surface area (Å²) in [6, 6.07) is 0. The number of fused-ring (bicyclic) bond motifs is 1. The first-order chi connectivity index (χ1) is 16.0. The Bertz CT molecular complexity index is 930. The lowest BCUT2D eigenvalue weighted by Gasteiger charge is -2.11. The Labute approximate surface area is 197 Å². The van der Waals surface area contributed by atoms with Gasteiger partial charge in [0.25, 0.3) is 5.56 Å². The van der Waals surface area contributed by atoms with Gasteiger partial charge in [0, 0.05) is 27.1 Å². The van der Waals surface area contributed by atoms with Crippen LogP contribution in [-0.2, 0) is 20.5 Å². The minimum Gasteiger partial charge on any atom is -0.392 e. The summed E-state index contributed by atoms with van der Waals surface area (Å²) >= 11 is 0. The van der Waals surface area contributed by atoms with E-state index < -0.39 is 17.4 Å². The minimum atomic E-state index is -0.473. The maximum Gasteiger partial charge on any atom is 0.329 e. The van der Waals surface area contributed by atoms with Crippen LogP contribution in [-0.4, -0.2) is 43.4 Å². The number of aliphatic hydroxyl groups is 1. The van der Waals surface area contributed by atoms with Gasteiger partial charge >= 0.3 is 5.69 Å². The van der Waals surface area contributed by atoms with Crippen LogP contribution >= 0.6 is 0 Å². The van der Waals surface area contributed by atoms with Crippen molar-refractivity contribution in [2.75, 3.05) is 13.1 Å². The van der Waals surface area contributed by atoms with Crippen molar-refractivity contribution in [3.8, 4) is 0 Å². The van der Waals surface area contributed by atoms with Gasteiger partial charge in [0.05, 0.1) is 6.10 Å². The Morgan fingerprint density at radius 2 is 1.48 bits per heavy atom. The van der Waals surface area contributed by atoms with E-state index >= 15 is 0 Å². The van der Waals surface area contributed by atoms with E-state index in [1.165, 1.54) is 75.2 Å². The second kappa shape index (κ2) is 15.1. The lowest BCUT2D eigenvalue weighted by atomic mass is 10.1. The summed E-state index contributed by atoms with van der Waals surface area (Å²) in [7, 11) is 3.36. The van der Waals surface area contributed by atoms with Gasteiger partial charge in [-0.2, -0.15) is 0 Å². The number of aryl methyl sites for hydroxylation is 3. The third kappa shape index (κ3) is 9.08. The number of aromatic amines is 1. The van der Waals surface area contributed by atoms with E-state index in [1.807, 2.05) is 0 Å². The molecule has 0 radical (unpaired) electrons. The van der Waals surface area contributed by atoms with Crippen molar-refractivity contribution < 1.29 is 5.11 Å². The molecule has 0 bridgehead atoms. The van der Waals surface area contributed by atoms with Crippen LogP contribution in [0.4, 0.5) is 0 Å². The molecule has 0 spiro atoms. The van der Waals surface area contributed by atoms with Crippen LogP contribution < -0.4 is 16.6 Å². The Morgan fingerprint density at radius 1 is 0.909 bits per heavy atom. The molecule has 2 heterocycles. The van der Waals surface area contributed by atoms with Crippen molar-refractivity contribution >= 4 is 11.2 Å². The number of H-pyrrole nitrogens is 1. The normalized spacial score (nSPS) is 12.6. The van der Waals surface area contributed by atoms with Gasteiger partial charge in [-0.15, -0.1) is 0 Å². The second-order valence-electron chi connectivity index (χ2n) is 9.36. The van der Waals surface area contributed by atoms with Crippen molar-refractivity contribution in [3.05, 3.63) is 26.7 Å². The van der Waals surface area contributed by atoms with E-state index in [9.17, 15) is 14.7 Å². The maximum atomic E-state index is 12.1. The first-order valence-corrected chi connectivity index (χ1v) is 13.0. The molecule has 8 heteroatoms. The van der Waals surface area contributed by atoms with Crippen LogP contribution in [0.25, 0.3) is 11.2 Å². The number of nitrogens with zero attached hydrogens (tertiary/aromatic N) is 3. The largest absolute Gasteiger partial charge is 0.392 e. The molecule has 2 aromatic rings. The zero-order chi connectivity index (χ0) is 24.1. The van der Waals surface area contributed by atoms with Crippen molar-refractivity contribution in [3.63, 3.8) is 0 Å². The average molecular weight is 464 g/mol. The fraction of sp³-hybridized carbons (Fsp3) is 0.800. The lowest BCUT2D eigenvalue weighted by molar-refractivity contribution is 0.161. The summed E-state index contributed by atoms with van der Waals surface area (Å²) in [5, 5.41) is 13.6. The van der Waals surface area contributed by atoms with Gasteiger partial charge in [0.2, 0.25) is 0 Å². The Hall–Kier alpha value is -1.93. The molecule has 188 valence electrons. The number of rotatable bonds is 18. The fourth-order valence-electron chi connectivity index (χ4n) is 4.33. The molecule has 0 aliphatic rings. The van der Waals surface area contributed by atoms with E-state index in [-0.39, 0.29) is 0 Å². The molecule has 2 rings (SSSR count). The molecule has 3 N–H and O–H groups in total. The minimum absolute atomic E-state index is 0.376. The van der Waals surface area contributed by atoms with E-state index in [2.05, 4.69) is 22.2 Å². The highest BCUT2D eigenvalue weighted by Crippen LogP contribution is 2.12. The molecule has 0 aliphatic heterocycles. The highest BCUT2D eigenvalue weighted by atomic mass is 16.3. The lowest BCUT2D eigenvalue weighted by Crippen LogP contribution is -2.29. The van der Waals surface area contributed by atoms with Crippen LogP contribution in [0.3, 0.4) is 0 Å². The summed E-state index contributed by atoms with van der Waals surface area (Å²) < 4.78 is 3.05. The molecule has 0 aliphatic carbocycles. The van der Waals surface area contributed by atoms with Gasteiger partial charge < -0.3 is 15.0 Å². The molecule has 1 atom stereocenters. The van der Waals surface area contributed by atoms with E-state index in [1.54, 1.807) is 18.7 Å². The molecular weight excluding hydrogens is 418 g/mol. The third-order valence-electron chi connectivity index (χ3n) is 6.52. The number of hydrogen-bond acceptors (Lipinski definition) is 5. The molecule has 0 saturated heterocycles. The highest BCUT2D eigenvalue weighted by molar-refractivity contribution is 5.70. The van der Waals surface area contributed by atoms with E-state index in [0.717, 1.165) is 13.0 Å². The molecule has 2 aromatic heterocycles. The van der Waals surface area contributed by atoms with Crippen molar-refractivity contribution in [2.24, 2.45) is 14.1 Å². The SMILES string of the molecule is CCCCCCCCCCCCCCNCC(O)CCc1nc2c(c(=O)[nH]c(=O)n2C)n1C. The predicted molar refractivity (Wildman–Crippen MR) is 135 cm³/mol. The summed E-state index contributed by atoms with van der Waals surface area (Å²) in [5.41, 5.74) is -0.148. The predicted octanol–water partition coefficient (Wildman–Crippen LogP) is 3.54. The van der Waals surface area contributed by atoms with Gasteiger partial charge in [-0.3, -0.25) is 14.3 Å². The van der Waals surface area contributed by atoms with Crippen LogP contribution in [0.2, 0.25) is 0 Å². The topological polar surface area (TPSA) is 105 Å². The van der Waals surface area contributed by atoms with Gasteiger partial charge in [0.15, 0.2) is 11.2 Å². The van der Waals surface area contributed by atoms with Crippen molar-refractivity contribution in [1.29, 1.82) is 0 Å². The number of hydrogen-bond donors (Lipinski definition) is 3. The zero-order valence-electron chi connectivity index (χ0n) is 21.0. The number of unbranched alkanes of at least 4 members (excludes halogenated alkanes) is 11. The van der Waals surface area contributed by atoms with Gasteiger partial charge in [-0.05, 0) is 19.4 Å². The zero-order valence-corrected chi connectivity index (χ0v) is 21.0. The quantitative estimate of drug-likeness (QED) is 0.293. The molecule has 0 saturated carbocycles. The highest BCUT2D eigenvalue weighted by Gasteiger charge is 2.15. The molecule has 33 heavy (non-hydrogen) atoms. The molecular formula is C25H45N5O3. The maximum absolute atomic E-state index is 12.1. The third-order valence-corrected chi connectivity index (χ3v) is 6.52. The molecule has 8 nitrogen and oxygen atoms in total. The Morgan fingerprint density at radius 3 is 2.09 bits per heavy atom. The van der Waals surface area contributed by atoms with Gasteiger partial charge in [0.1, 0.15) is 5.82 Å². The number of aliphatic hydroxyl groups excluding tert-OH is 1. The van der Waals surface area contributed by atoms with Crippen molar-refractivity contribution in [1.82, 2.24) is 24.4 Å². The summed E-state index contributed by atoms with van der Waals surface area (Å²) in [6.07, 6.45) is 16.7. The molecule has 0 aromatic carbocycles. The molecule has 0 fully saturated rings. The summed E-state index contributed by atoms with van der Waals surface area (Å²) in [5.74, 6) is 0.691. The van der Waals surface area contributed by atoms with Gasteiger partial charge in [-0.25, -0.2) is 9.78 Å². The summed E-state index contributed by atoms with van der Waals surface area (Å²) in [4.78, 5) is 30.6. The standard InChI is InChI=1S/C25H45N5O3/c1-4-5-6-7-8-9-10-11-12-13-14-15-18-26-19-20(31)16-17-21-27-23-22(29(21)2)24(32)28-25(33)30(23)3/h20,26,31H,4-19H2,1-3H3,(H,28,32,33). The molecule has 0 amide bonds. The Balaban J connectivity index is 1.53. The number of aromatic nitrogens is 4. The van der Waals surface area contributed by atoms with Crippen molar-refractivity contribution in [2.45, 2.75) is 103 Å². The monoisotopic (exact) mass is 463 g/mol. The smallest absolute Gasteiger partial charge is 0.329 e. The van der Waals surface area contributed by atoms with Crippen LogP contribution in [0.5, 0.6) is 0 Å². The molecule has 1 unspecified atom stereocenters. The fourth-order valence-corrected chi connectivity index (χ4v) is 4.33. The second-order valence-corrected chi connectivity index (χ2v) is 9.36. The first kappa shape index (κ1) is 27.3. The average Bonchev–Trinajstić information content (AvgIpc) is 3.13. The van der Waals surface area contributed by atoms with Gasteiger partial charge in [-0.1, -0.05) is 77.6 Å².